The summed E-state index contributed by atoms with van der Waals surface area (Å²) in [4.78, 5) is 14.7. The van der Waals surface area contributed by atoms with Gasteiger partial charge in [0.2, 0.25) is 0 Å². The molecule has 3 N–H and O–H groups in total. The van der Waals surface area contributed by atoms with Gasteiger partial charge in [-0.3, -0.25) is 4.79 Å². The van der Waals surface area contributed by atoms with Gasteiger partial charge in [-0.15, -0.1) is 10.2 Å². The minimum Gasteiger partial charge on any atom is -0.398 e. The summed E-state index contributed by atoms with van der Waals surface area (Å²) < 4.78 is 0. The van der Waals surface area contributed by atoms with E-state index in [0.29, 0.717) is 27.8 Å². The molecule has 1 unspecified atom stereocenters. The monoisotopic (exact) mass is 441 g/mol. The van der Waals surface area contributed by atoms with E-state index in [1.807, 2.05) is 36.4 Å². The summed E-state index contributed by atoms with van der Waals surface area (Å²) in [5.74, 6) is 0.614. The second-order valence-corrected chi connectivity index (χ2v) is 8.07. The molecule has 0 aliphatic carbocycles. The lowest BCUT2D eigenvalue weighted by atomic mass is 10.0. The Kier molecular flexibility index (Phi) is 6.06. The first-order valence-electron chi connectivity index (χ1n) is 9.71. The maximum atomic E-state index is 12.6. The van der Waals surface area contributed by atoms with Gasteiger partial charge in [-0.05, 0) is 49.2 Å². The highest BCUT2D eigenvalue weighted by Crippen LogP contribution is 2.26. The first-order chi connectivity index (χ1) is 14.5. The third-order valence-electron chi connectivity index (χ3n) is 5.15. The average molecular weight is 442 g/mol. The number of para-hydroxylation sites is 1. The van der Waals surface area contributed by atoms with Gasteiger partial charge < -0.3 is 16.0 Å². The summed E-state index contributed by atoms with van der Waals surface area (Å²) in [6, 6.07) is 16.3. The van der Waals surface area contributed by atoms with Crippen molar-refractivity contribution in [3.8, 4) is 11.3 Å². The van der Waals surface area contributed by atoms with Gasteiger partial charge in [0.05, 0.1) is 15.7 Å². The fourth-order valence-corrected chi connectivity index (χ4v) is 3.88. The van der Waals surface area contributed by atoms with Crippen molar-refractivity contribution in [2.75, 3.05) is 23.7 Å². The Hall–Kier alpha value is -2.83. The topological polar surface area (TPSA) is 84.1 Å². The number of nitrogen functional groups attached to an aromatic ring is 1. The predicted octanol–water partition coefficient (Wildman–Crippen LogP) is 4.43. The molecule has 2 aromatic carbocycles. The quantitative estimate of drug-likeness (QED) is 0.584. The first kappa shape index (κ1) is 20.4. The van der Waals surface area contributed by atoms with Crippen LogP contribution in [0.3, 0.4) is 0 Å². The molecule has 154 valence electrons. The van der Waals surface area contributed by atoms with Crippen molar-refractivity contribution in [1.82, 2.24) is 15.5 Å². The SMILES string of the molecule is Nc1ccccc1-c1ccc(N2CCCC(NC(=O)c3ccc(Cl)c(Cl)c3)C2)nn1. The van der Waals surface area contributed by atoms with E-state index in [1.54, 1.807) is 18.2 Å². The van der Waals surface area contributed by atoms with Crippen molar-refractivity contribution in [3.05, 3.63) is 70.2 Å². The number of hydrogen-bond acceptors (Lipinski definition) is 5. The highest BCUT2D eigenvalue weighted by Gasteiger charge is 2.23. The molecule has 30 heavy (non-hydrogen) atoms. The molecule has 1 aromatic heterocycles. The zero-order valence-electron chi connectivity index (χ0n) is 16.2. The van der Waals surface area contributed by atoms with Crippen molar-refractivity contribution in [1.29, 1.82) is 0 Å². The number of hydrogen-bond donors (Lipinski definition) is 2. The molecule has 6 nitrogen and oxygen atoms in total. The molecule has 0 radical (unpaired) electrons. The van der Waals surface area contributed by atoms with Crippen molar-refractivity contribution in [3.63, 3.8) is 0 Å². The Morgan fingerprint density at radius 1 is 1.07 bits per heavy atom. The van der Waals surface area contributed by atoms with Crippen LogP contribution in [0.1, 0.15) is 23.2 Å². The van der Waals surface area contributed by atoms with Gasteiger partial charge in [-0.1, -0.05) is 41.4 Å². The number of aromatic nitrogens is 2. The van der Waals surface area contributed by atoms with E-state index in [9.17, 15) is 4.79 Å². The third kappa shape index (κ3) is 4.50. The Morgan fingerprint density at radius 2 is 1.90 bits per heavy atom. The molecule has 8 heteroatoms. The summed E-state index contributed by atoms with van der Waals surface area (Å²) in [6.45, 7) is 1.52. The van der Waals surface area contributed by atoms with Crippen LogP contribution in [0.4, 0.5) is 11.5 Å². The third-order valence-corrected chi connectivity index (χ3v) is 5.89. The van der Waals surface area contributed by atoms with Gasteiger partial charge in [0.1, 0.15) is 0 Å². The van der Waals surface area contributed by atoms with Crippen LogP contribution in [0.25, 0.3) is 11.3 Å². The zero-order chi connectivity index (χ0) is 21.1. The summed E-state index contributed by atoms with van der Waals surface area (Å²) in [7, 11) is 0. The van der Waals surface area contributed by atoms with Crippen LogP contribution in [0.2, 0.25) is 10.0 Å². The normalized spacial score (nSPS) is 16.3. The number of nitrogens with two attached hydrogens (primary N) is 1. The lowest BCUT2D eigenvalue weighted by Gasteiger charge is -2.33. The fourth-order valence-electron chi connectivity index (χ4n) is 3.58. The van der Waals surface area contributed by atoms with Crippen LogP contribution in [-0.2, 0) is 0 Å². The smallest absolute Gasteiger partial charge is 0.251 e. The second-order valence-electron chi connectivity index (χ2n) is 7.25. The molecule has 2 heterocycles. The number of benzene rings is 2. The maximum absolute atomic E-state index is 12.6. The molecule has 0 spiro atoms. The van der Waals surface area contributed by atoms with E-state index >= 15 is 0 Å². The molecular formula is C22H21Cl2N5O. The Morgan fingerprint density at radius 3 is 2.63 bits per heavy atom. The number of anilines is 2. The van der Waals surface area contributed by atoms with E-state index < -0.39 is 0 Å². The average Bonchev–Trinajstić information content (AvgIpc) is 2.76. The number of rotatable bonds is 4. The van der Waals surface area contributed by atoms with Crippen molar-refractivity contribution in [2.45, 2.75) is 18.9 Å². The minimum atomic E-state index is -0.165. The summed E-state index contributed by atoms with van der Waals surface area (Å²) in [5.41, 5.74) is 8.79. The zero-order valence-corrected chi connectivity index (χ0v) is 17.7. The summed E-state index contributed by atoms with van der Waals surface area (Å²) >= 11 is 12.0. The first-order valence-corrected chi connectivity index (χ1v) is 10.5. The number of carbonyl (C=O) groups excluding carboxylic acids is 1. The predicted molar refractivity (Wildman–Crippen MR) is 121 cm³/mol. The minimum absolute atomic E-state index is 0.00643. The molecule has 1 amide bonds. The van der Waals surface area contributed by atoms with E-state index in [1.165, 1.54) is 0 Å². The van der Waals surface area contributed by atoms with Crippen molar-refractivity contribution >= 4 is 40.6 Å². The van der Waals surface area contributed by atoms with Gasteiger partial charge in [-0.25, -0.2) is 0 Å². The molecule has 3 aromatic rings. The Bertz CT molecular complexity index is 1060. The van der Waals surface area contributed by atoms with Crippen molar-refractivity contribution < 1.29 is 4.79 Å². The standard InChI is InChI=1S/C22H21Cl2N5O/c23-17-8-7-14(12-18(17)24)22(30)26-15-4-3-11-29(13-15)21-10-9-20(27-28-21)16-5-1-2-6-19(16)25/h1-2,5-10,12,15H,3-4,11,13,25H2,(H,26,30). The lowest BCUT2D eigenvalue weighted by Crippen LogP contribution is -2.48. The number of nitrogens with one attached hydrogen (secondary N) is 1. The molecule has 1 saturated heterocycles. The molecule has 0 saturated carbocycles. The summed E-state index contributed by atoms with van der Waals surface area (Å²) in [5, 5.41) is 12.6. The van der Waals surface area contributed by atoms with Crippen LogP contribution in [0.5, 0.6) is 0 Å². The van der Waals surface area contributed by atoms with Gasteiger partial charge in [0.25, 0.3) is 5.91 Å². The number of nitrogens with zero attached hydrogens (tertiary/aromatic N) is 3. The fraction of sp³-hybridized carbons (Fsp3) is 0.227. The highest BCUT2D eigenvalue weighted by molar-refractivity contribution is 6.42. The summed E-state index contributed by atoms with van der Waals surface area (Å²) in [6.07, 6.45) is 1.84. The van der Waals surface area contributed by atoms with E-state index in [4.69, 9.17) is 28.9 Å². The van der Waals surface area contributed by atoms with Crippen LogP contribution in [0, 0.1) is 0 Å². The van der Waals surface area contributed by atoms with Crippen molar-refractivity contribution in [2.24, 2.45) is 0 Å². The Balaban J connectivity index is 1.43. The number of halogens is 2. The van der Waals surface area contributed by atoms with E-state index in [0.717, 1.165) is 36.5 Å². The van der Waals surface area contributed by atoms with Crippen LogP contribution >= 0.6 is 23.2 Å². The molecule has 1 aliphatic rings. The number of piperidine rings is 1. The lowest BCUT2D eigenvalue weighted by molar-refractivity contribution is 0.0933. The van der Waals surface area contributed by atoms with Gasteiger partial charge in [-0.2, -0.15) is 0 Å². The molecule has 1 fully saturated rings. The number of amides is 1. The molecule has 0 bridgehead atoms. The highest BCUT2D eigenvalue weighted by atomic mass is 35.5. The molecule has 1 atom stereocenters. The van der Waals surface area contributed by atoms with Crippen LogP contribution in [-0.4, -0.2) is 35.2 Å². The Labute approximate surface area is 185 Å². The van der Waals surface area contributed by atoms with Crippen LogP contribution in [0.15, 0.2) is 54.6 Å². The number of carbonyl (C=O) groups is 1. The molecule has 1 aliphatic heterocycles. The van der Waals surface area contributed by atoms with E-state index in [-0.39, 0.29) is 11.9 Å². The van der Waals surface area contributed by atoms with Gasteiger partial charge in [0, 0.05) is 35.9 Å². The maximum Gasteiger partial charge on any atom is 0.251 e. The molecular weight excluding hydrogens is 421 g/mol. The van der Waals surface area contributed by atoms with E-state index in [2.05, 4.69) is 20.4 Å². The second kappa shape index (κ2) is 8.90. The van der Waals surface area contributed by atoms with Gasteiger partial charge in [0.15, 0.2) is 5.82 Å². The molecule has 4 rings (SSSR count). The van der Waals surface area contributed by atoms with Crippen LogP contribution < -0.4 is 16.0 Å². The largest absolute Gasteiger partial charge is 0.398 e. The van der Waals surface area contributed by atoms with Gasteiger partial charge >= 0.3 is 0 Å².